The van der Waals surface area contributed by atoms with Gasteiger partial charge in [0, 0.05) is 0 Å². The van der Waals surface area contributed by atoms with Crippen LogP contribution in [0.2, 0.25) is 0 Å². The summed E-state index contributed by atoms with van der Waals surface area (Å²) in [6, 6.07) is 3.80. The van der Waals surface area contributed by atoms with Crippen molar-refractivity contribution in [3.05, 3.63) is 29.8 Å². The van der Waals surface area contributed by atoms with Gasteiger partial charge in [-0.25, -0.2) is 8.78 Å². The maximum Gasteiger partial charge on any atom is 0.149 e. The van der Waals surface area contributed by atoms with Crippen molar-refractivity contribution in [1.82, 2.24) is 0 Å². The zero-order chi connectivity index (χ0) is 10.1. The van der Waals surface area contributed by atoms with Crippen molar-refractivity contribution < 1.29 is 8.78 Å². The molecule has 0 saturated heterocycles. The minimum atomic E-state index is -0.565. The Balaban J connectivity index is 3.00. The zero-order valence-electron chi connectivity index (χ0n) is 7.37. The van der Waals surface area contributed by atoms with Crippen LogP contribution in [-0.2, 0) is 0 Å². The molecule has 0 atom stereocenters. The molecule has 0 fully saturated rings. The Bertz CT molecular complexity index is 287. The van der Waals surface area contributed by atoms with E-state index in [1.807, 2.05) is 13.8 Å². The molecule has 13 heavy (non-hydrogen) atoms. The maximum absolute atomic E-state index is 13.1. The number of halogens is 3. The van der Waals surface area contributed by atoms with Crippen molar-refractivity contribution in [2.24, 2.45) is 0 Å². The first-order valence-corrected chi connectivity index (χ1v) is 4.89. The number of para-hydroxylation sites is 1. The number of anilines is 1. The number of rotatable bonds is 2. The lowest BCUT2D eigenvalue weighted by atomic mass is 10.2. The molecule has 0 aliphatic rings. The summed E-state index contributed by atoms with van der Waals surface area (Å²) in [5.74, 6) is -1.13. The van der Waals surface area contributed by atoms with Crippen molar-refractivity contribution in [3.8, 4) is 0 Å². The molecule has 1 aromatic rings. The molecule has 0 aliphatic carbocycles. The van der Waals surface area contributed by atoms with Gasteiger partial charge in [-0.15, -0.1) is 0 Å². The maximum atomic E-state index is 13.1. The van der Waals surface area contributed by atoms with E-state index in [1.54, 1.807) is 0 Å². The van der Waals surface area contributed by atoms with Crippen molar-refractivity contribution in [2.75, 3.05) is 5.32 Å². The monoisotopic (exact) mass is 297 g/mol. The zero-order valence-corrected chi connectivity index (χ0v) is 9.52. The lowest BCUT2D eigenvalue weighted by molar-refractivity contribution is 0.584. The Morgan fingerprint density at radius 1 is 1.23 bits per heavy atom. The molecule has 0 aliphatic heterocycles. The molecule has 0 radical (unpaired) electrons. The van der Waals surface area contributed by atoms with Gasteiger partial charge in [-0.3, -0.25) is 0 Å². The van der Waals surface area contributed by atoms with E-state index >= 15 is 0 Å². The molecular formula is C9H10F2IN. The van der Waals surface area contributed by atoms with Gasteiger partial charge in [0.25, 0.3) is 0 Å². The third-order valence-corrected chi connectivity index (χ3v) is 1.65. The van der Waals surface area contributed by atoms with Gasteiger partial charge in [0.2, 0.25) is 0 Å². The van der Waals surface area contributed by atoms with Crippen LogP contribution in [0.1, 0.15) is 13.8 Å². The predicted octanol–water partition coefficient (Wildman–Crippen LogP) is 3.55. The third kappa shape index (κ3) is 3.10. The van der Waals surface area contributed by atoms with Gasteiger partial charge in [0.1, 0.15) is 17.3 Å². The standard InChI is InChI=1S/C9H10F2IN/c1-9(2,12)13-8-6(10)4-3-5-7(8)11/h3-5,13H,1-2H3. The second-order valence-corrected chi connectivity index (χ2v) is 5.89. The Hall–Kier alpha value is -0.390. The van der Waals surface area contributed by atoms with E-state index in [1.165, 1.54) is 18.2 Å². The molecule has 0 saturated carbocycles. The molecule has 0 bridgehead atoms. The molecule has 0 unspecified atom stereocenters. The molecule has 0 amide bonds. The number of alkyl halides is 1. The van der Waals surface area contributed by atoms with Crippen LogP contribution in [0.5, 0.6) is 0 Å². The molecule has 4 heteroatoms. The smallest absolute Gasteiger partial charge is 0.149 e. The SMILES string of the molecule is CC(C)(I)Nc1c(F)cccc1F. The first kappa shape index (κ1) is 10.7. The summed E-state index contributed by atoms with van der Waals surface area (Å²) in [5.41, 5.74) is -0.0677. The molecular weight excluding hydrogens is 287 g/mol. The van der Waals surface area contributed by atoms with E-state index in [9.17, 15) is 8.78 Å². The van der Waals surface area contributed by atoms with Crippen LogP contribution in [0.25, 0.3) is 0 Å². The van der Waals surface area contributed by atoms with Crippen LogP contribution in [0.4, 0.5) is 14.5 Å². The highest BCUT2D eigenvalue weighted by Crippen LogP contribution is 2.25. The molecule has 1 N–H and O–H groups in total. The lowest BCUT2D eigenvalue weighted by Crippen LogP contribution is -2.23. The van der Waals surface area contributed by atoms with E-state index in [2.05, 4.69) is 27.9 Å². The highest BCUT2D eigenvalue weighted by molar-refractivity contribution is 14.1. The Morgan fingerprint density at radius 2 is 1.69 bits per heavy atom. The fraction of sp³-hybridized carbons (Fsp3) is 0.333. The van der Waals surface area contributed by atoms with Crippen LogP contribution in [0.15, 0.2) is 18.2 Å². The van der Waals surface area contributed by atoms with Gasteiger partial charge in [-0.1, -0.05) is 28.7 Å². The fourth-order valence-corrected chi connectivity index (χ4v) is 1.18. The molecule has 1 aromatic carbocycles. The van der Waals surface area contributed by atoms with Gasteiger partial charge in [0.15, 0.2) is 0 Å². The first-order valence-electron chi connectivity index (χ1n) is 3.81. The predicted molar refractivity (Wildman–Crippen MR) is 58.1 cm³/mol. The molecule has 0 aromatic heterocycles. The van der Waals surface area contributed by atoms with Gasteiger partial charge in [0.05, 0.1) is 3.55 Å². The second-order valence-electron chi connectivity index (χ2n) is 3.19. The van der Waals surface area contributed by atoms with Gasteiger partial charge >= 0.3 is 0 Å². The number of hydrogen-bond donors (Lipinski definition) is 1. The normalized spacial score (nSPS) is 11.5. The molecule has 72 valence electrons. The van der Waals surface area contributed by atoms with Crippen molar-refractivity contribution >= 4 is 28.3 Å². The van der Waals surface area contributed by atoms with E-state index in [4.69, 9.17) is 0 Å². The first-order chi connectivity index (χ1) is 5.90. The molecule has 0 heterocycles. The summed E-state index contributed by atoms with van der Waals surface area (Å²) >= 11 is 2.07. The topological polar surface area (TPSA) is 12.0 Å². The van der Waals surface area contributed by atoms with E-state index in [-0.39, 0.29) is 9.23 Å². The summed E-state index contributed by atoms with van der Waals surface area (Å²) in [4.78, 5) is 0. The van der Waals surface area contributed by atoms with E-state index < -0.39 is 11.6 Å². The highest BCUT2D eigenvalue weighted by Gasteiger charge is 2.16. The minimum absolute atomic E-state index is 0.0677. The second kappa shape index (κ2) is 3.77. The third-order valence-electron chi connectivity index (χ3n) is 1.39. The largest absolute Gasteiger partial charge is 0.367 e. The van der Waals surface area contributed by atoms with Crippen LogP contribution in [0.3, 0.4) is 0 Å². The number of nitrogens with one attached hydrogen (secondary N) is 1. The van der Waals surface area contributed by atoms with Gasteiger partial charge in [-0.2, -0.15) is 0 Å². The van der Waals surface area contributed by atoms with Gasteiger partial charge in [-0.05, 0) is 26.0 Å². The minimum Gasteiger partial charge on any atom is -0.367 e. The van der Waals surface area contributed by atoms with Gasteiger partial charge < -0.3 is 5.32 Å². The summed E-state index contributed by atoms with van der Waals surface area (Å²) in [5, 5.41) is 2.75. The average molecular weight is 297 g/mol. The summed E-state index contributed by atoms with van der Waals surface area (Å²) < 4.78 is 25.8. The van der Waals surface area contributed by atoms with E-state index in [0.29, 0.717) is 0 Å². The van der Waals surface area contributed by atoms with Crippen molar-refractivity contribution in [2.45, 2.75) is 17.4 Å². The number of benzene rings is 1. The number of hydrogen-bond acceptors (Lipinski definition) is 1. The summed E-state index contributed by atoms with van der Waals surface area (Å²) in [6.45, 7) is 3.67. The Morgan fingerprint density at radius 3 is 2.08 bits per heavy atom. The Labute approximate surface area is 89.7 Å². The molecule has 0 spiro atoms. The fourth-order valence-electron chi connectivity index (χ4n) is 0.914. The summed E-state index contributed by atoms with van der Waals surface area (Å²) in [7, 11) is 0. The molecule has 1 nitrogen and oxygen atoms in total. The van der Waals surface area contributed by atoms with Crippen molar-refractivity contribution in [3.63, 3.8) is 0 Å². The van der Waals surface area contributed by atoms with Crippen molar-refractivity contribution in [1.29, 1.82) is 0 Å². The highest BCUT2D eigenvalue weighted by atomic mass is 127. The van der Waals surface area contributed by atoms with Crippen LogP contribution in [0, 0.1) is 11.6 Å². The quantitative estimate of drug-likeness (QED) is 0.500. The van der Waals surface area contributed by atoms with Crippen LogP contribution < -0.4 is 5.32 Å². The average Bonchev–Trinajstić information content (AvgIpc) is 1.95. The van der Waals surface area contributed by atoms with Crippen LogP contribution >= 0.6 is 22.6 Å². The van der Waals surface area contributed by atoms with E-state index in [0.717, 1.165) is 0 Å². The summed E-state index contributed by atoms with van der Waals surface area (Å²) in [6.07, 6.45) is 0. The molecule has 1 rings (SSSR count). The Kier molecular flexibility index (Phi) is 3.10. The lowest BCUT2D eigenvalue weighted by Gasteiger charge is -2.20. The van der Waals surface area contributed by atoms with Crippen LogP contribution in [-0.4, -0.2) is 3.55 Å².